The maximum Gasteiger partial charge on any atom is 0.307 e. The van der Waals surface area contributed by atoms with Crippen LogP contribution in [0.2, 0.25) is 5.02 Å². The number of hydrogen-bond acceptors (Lipinski definition) is 7. The Bertz CT molecular complexity index is 1200. The van der Waals surface area contributed by atoms with E-state index in [0.717, 1.165) is 0 Å². The molecule has 11 heteroatoms. The van der Waals surface area contributed by atoms with Gasteiger partial charge in [0.15, 0.2) is 6.10 Å². The summed E-state index contributed by atoms with van der Waals surface area (Å²) in [5, 5.41) is 4.06. The van der Waals surface area contributed by atoms with E-state index in [0.29, 0.717) is 11.1 Å². The number of nitrogens with one attached hydrogen (secondary N) is 1. The first-order valence-corrected chi connectivity index (χ1v) is 11.1. The molecule has 0 aliphatic rings. The van der Waals surface area contributed by atoms with Crippen molar-refractivity contribution in [3.63, 3.8) is 0 Å². The van der Waals surface area contributed by atoms with Gasteiger partial charge in [-0.2, -0.15) is 4.98 Å². The fourth-order valence-electron chi connectivity index (χ4n) is 2.56. The molecule has 1 heterocycles. The van der Waals surface area contributed by atoms with Crippen LogP contribution in [0, 0.1) is 12.7 Å². The third-order valence-corrected chi connectivity index (χ3v) is 5.95. The Morgan fingerprint density at radius 2 is 2.06 bits per heavy atom. The second-order valence-electron chi connectivity index (χ2n) is 6.66. The molecular formula is C20H19ClFN3O5S. The Morgan fingerprint density at radius 1 is 1.29 bits per heavy atom. The van der Waals surface area contributed by atoms with Crippen LogP contribution in [0.3, 0.4) is 0 Å². The summed E-state index contributed by atoms with van der Waals surface area (Å²) >= 11 is 5.80. The zero-order valence-electron chi connectivity index (χ0n) is 16.6. The highest BCUT2D eigenvalue weighted by atomic mass is 35.5. The first kappa shape index (κ1) is 22.9. The summed E-state index contributed by atoms with van der Waals surface area (Å²) in [4.78, 5) is 16.2. The predicted octanol–water partition coefficient (Wildman–Crippen LogP) is 3.81. The number of esters is 1. The van der Waals surface area contributed by atoms with Gasteiger partial charge in [-0.15, -0.1) is 0 Å². The number of sulfonamides is 1. The molecule has 0 radical (unpaired) electrons. The molecule has 0 aliphatic carbocycles. The summed E-state index contributed by atoms with van der Waals surface area (Å²) < 4.78 is 50.7. The van der Waals surface area contributed by atoms with Crippen molar-refractivity contribution in [3.8, 4) is 11.4 Å². The molecule has 0 amide bonds. The van der Waals surface area contributed by atoms with Gasteiger partial charge in [-0.25, -0.2) is 17.5 Å². The normalized spacial score (nSPS) is 12.5. The van der Waals surface area contributed by atoms with Crippen molar-refractivity contribution < 1.29 is 26.9 Å². The van der Waals surface area contributed by atoms with E-state index in [4.69, 9.17) is 20.9 Å². The van der Waals surface area contributed by atoms with Crippen LogP contribution in [-0.4, -0.2) is 31.1 Å². The minimum absolute atomic E-state index is 0.00679. The second-order valence-corrected chi connectivity index (χ2v) is 8.86. The Balaban J connectivity index is 1.54. The van der Waals surface area contributed by atoms with Crippen LogP contribution in [0.4, 0.5) is 4.39 Å². The molecule has 0 aliphatic heterocycles. The highest BCUT2D eigenvalue weighted by Crippen LogP contribution is 2.22. The van der Waals surface area contributed by atoms with Gasteiger partial charge >= 0.3 is 5.97 Å². The van der Waals surface area contributed by atoms with Gasteiger partial charge in [0, 0.05) is 17.1 Å². The monoisotopic (exact) mass is 467 g/mol. The predicted molar refractivity (Wildman–Crippen MR) is 110 cm³/mol. The van der Waals surface area contributed by atoms with E-state index in [1.807, 2.05) is 0 Å². The molecule has 1 aromatic heterocycles. The first-order valence-electron chi connectivity index (χ1n) is 9.20. The van der Waals surface area contributed by atoms with Crippen molar-refractivity contribution in [3.05, 3.63) is 64.8 Å². The molecule has 8 nitrogen and oxygen atoms in total. The Hall–Kier alpha value is -2.82. The number of rotatable bonds is 8. The molecular weight excluding hydrogens is 449 g/mol. The lowest BCUT2D eigenvalue weighted by Crippen LogP contribution is -2.27. The number of carbonyl (C=O) groups excluding carboxylic acids is 1. The molecule has 0 saturated carbocycles. The molecule has 1 N–H and O–H groups in total. The molecule has 0 bridgehead atoms. The number of carbonyl (C=O) groups is 1. The van der Waals surface area contributed by atoms with Gasteiger partial charge in [-0.05, 0) is 43.7 Å². The number of halogens is 2. The van der Waals surface area contributed by atoms with E-state index >= 15 is 0 Å². The number of aryl methyl sites for hydroxylation is 1. The minimum atomic E-state index is -3.81. The second kappa shape index (κ2) is 9.54. The number of aromatic nitrogens is 2. The quantitative estimate of drug-likeness (QED) is 0.501. The zero-order chi connectivity index (χ0) is 22.6. The van der Waals surface area contributed by atoms with Gasteiger partial charge in [-0.1, -0.05) is 35.0 Å². The summed E-state index contributed by atoms with van der Waals surface area (Å²) in [7, 11) is -3.81. The maximum atomic E-state index is 13.7. The fraction of sp³-hybridized carbons (Fsp3) is 0.250. The average Bonchev–Trinajstić information content (AvgIpc) is 3.20. The van der Waals surface area contributed by atoms with E-state index in [1.165, 1.54) is 31.2 Å². The van der Waals surface area contributed by atoms with Crippen molar-refractivity contribution in [2.75, 3.05) is 6.54 Å². The van der Waals surface area contributed by atoms with Gasteiger partial charge in [0.1, 0.15) is 5.82 Å². The van der Waals surface area contributed by atoms with Gasteiger partial charge in [0.25, 0.3) is 5.89 Å². The van der Waals surface area contributed by atoms with Crippen molar-refractivity contribution >= 4 is 27.6 Å². The largest absolute Gasteiger partial charge is 0.452 e. The van der Waals surface area contributed by atoms with Crippen LogP contribution < -0.4 is 4.72 Å². The van der Waals surface area contributed by atoms with Gasteiger partial charge in [0.2, 0.25) is 15.8 Å². The zero-order valence-corrected chi connectivity index (χ0v) is 18.2. The summed E-state index contributed by atoms with van der Waals surface area (Å²) in [5.74, 6) is -0.874. The van der Waals surface area contributed by atoms with Crippen molar-refractivity contribution in [2.24, 2.45) is 0 Å². The van der Waals surface area contributed by atoms with E-state index in [9.17, 15) is 17.6 Å². The third-order valence-electron chi connectivity index (χ3n) is 4.26. The smallest absolute Gasteiger partial charge is 0.307 e. The van der Waals surface area contributed by atoms with Crippen molar-refractivity contribution in [2.45, 2.75) is 31.3 Å². The summed E-state index contributed by atoms with van der Waals surface area (Å²) in [6.45, 7) is 3.00. The first-order chi connectivity index (χ1) is 14.7. The highest BCUT2D eigenvalue weighted by molar-refractivity contribution is 7.89. The summed E-state index contributed by atoms with van der Waals surface area (Å²) in [5.41, 5.74) is 0.910. The SMILES string of the molecule is Cc1ccc(-c2noc(C(C)OC(=O)CCNS(=O)(=O)c3cccc(Cl)c3)n2)cc1F. The molecule has 1 atom stereocenters. The van der Waals surface area contributed by atoms with Crippen LogP contribution in [0.5, 0.6) is 0 Å². The molecule has 31 heavy (non-hydrogen) atoms. The number of benzene rings is 2. The summed E-state index contributed by atoms with van der Waals surface area (Å²) in [6.07, 6.45) is -1.08. The van der Waals surface area contributed by atoms with E-state index in [-0.39, 0.29) is 34.6 Å². The molecule has 1 unspecified atom stereocenters. The molecule has 164 valence electrons. The maximum absolute atomic E-state index is 13.7. The lowest BCUT2D eigenvalue weighted by molar-refractivity contribution is -0.149. The minimum Gasteiger partial charge on any atom is -0.452 e. The van der Waals surface area contributed by atoms with Gasteiger partial charge in [0.05, 0.1) is 11.3 Å². The molecule has 0 saturated heterocycles. The number of hydrogen-bond donors (Lipinski definition) is 1. The Labute approximate surface area is 183 Å². The molecule has 0 spiro atoms. The van der Waals surface area contributed by atoms with Gasteiger partial charge < -0.3 is 9.26 Å². The average molecular weight is 468 g/mol. The lowest BCUT2D eigenvalue weighted by Gasteiger charge is -2.10. The van der Waals surface area contributed by atoms with Crippen LogP contribution in [0.25, 0.3) is 11.4 Å². The standard InChI is InChI=1S/C20H19ClFN3O5S/c1-12-6-7-14(10-17(12)22)19-24-20(30-25-19)13(2)29-18(26)8-9-23-31(27,28)16-5-3-4-15(21)11-16/h3-7,10-11,13,23H,8-9H2,1-2H3. The van der Waals surface area contributed by atoms with Crippen LogP contribution in [-0.2, 0) is 19.6 Å². The van der Waals surface area contributed by atoms with Gasteiger partial charge in [-0.3, -0.25) is 4.79 Å². The Kier molecular flexibility index (Phi) is 7.04. The Morgan fingerprint density at radius 3 is 2.77 bits per heavy atom. The number of nitrogens with zero attached hydrogens (tertiary/aromatic N) is 2. The molecule has 2 aromatic carbocycles. The summed E-state index contributed by atoms with van der Waals surface area (Å²) in [6, 6.07) is 10.3. The van der Waals surface area contributed by atoms with E-state index in [1.54, 1.807) is 25.1 Å². The fourth-order valence-corrected chi connectivity index (χ4v) is 3.89. The lowest BCUT2D eigenvalue weighted by atomic mass is 10.1. The topological polar surface area (TPSA) is 111 Å². The van der Waals surface area contributed by atoms with Crippen molar-refractivity contribution in [1.29, 1.82) is 0 Å². The van der Waals surface area contributed by atoms with Crippen LogP contribution in [0.15, 0.2) is 51.9 Å². The molecule has 3 aromatic rings. The third kappa shape index (κ3) is 5.87. The van der Waals surface area contributed by atoms with E-state index in [2.05, 4.69) is 14.9 Å². The molecule has 3 rings (SSSR count). The number of ether oxygens (including phenoxy) is 1. The van der Waals surface area contributed by atoms with Crippen LogP contribution in [0.1, 0.15) is 30.9 Å². The molecule has 0 fully saturated rings. The van der Waals surface area contributed by atoms with Crippen molar-refractivity contribution in [1.82, 2.24) is 14.9 Å². The van der Waals surface area contributed by atoms with Crippen LogP contribution >= 0.6 is 11.6 Å². The highest BCUT2D eigenvalue weighted by Gasteiger charge is 2.20. The van der Waals surface area contributed by atoms with E-state index < -0.39 is 27.9 Å².